The molecule has 4 unspecified atom stereocenters. The molecule has 0 saturated carbocycles. The van der Waals surface area contributed by atoms with Crippen LogP contribution < -0.4 is 0 Å². The van der Waals surface area contributed by atoms with Gasteiger partial charge in [0.15, 0.2) is 0 Å². The van der Waals surface area contributed by atoms with Crippen molar-refractivity contribution in [3.8, 4) is 0 Å². The lowest BCUT2D eigenvalue weighted by atomic mass is 9.88. The van der Waals surface area contributed by atoms with Crippen molar-refractivity contribution >= 4 is 0 Å². The Morgan fingerprint density at radius 3 is 1.31 bits per heavy atom. The summed E-state index contributed by atoms with van der Waals surface area (Å²) < 4.78 is 5.25. The first kappa shape index (κ1) is 10.9. The zero-order chi connectivity index (χ0) is 9.84. The molecule has 4 N–H and O–H groups in total. The summed E-state index contributed by atoms with van der Waals surface area (Å²) >= 11 is 0. The molecule has 0 spiro atoms. The van der Waals surface area contributed by atoms with Gasteiger partial charge in [0, 0.05) is 25.0 Å². The summed E-state index contributed by atoms with van der Waals surface area (Å²) in [5, 5.41) is 35.8. The highest BCUT2D eigenvalue weighted by Gasteiger charge is 2.42. The Hall–Kier alpha value is -0.200. The first-order valence-electron chi connectivity index (χ1n) is 4.37. The van der Waals surface area contributed by atoms with Gasteiger partial charge >= 0.3 is 0 Å². The molecule has 1 aliphatic heterocycles. The van der Waals surface area contributed by atoms with Gasteiger partial charge in [-0.15, -0.1) is 0 Å². The number of ether oxygens (including phenoxy) is 1. The van der Waals surface area contributed by atoms with Crippen LogP contribution in [0.15, 0.2) is 0 Å². The molecular formula is C8H16O5. The molecule has 1 fully saturated rings. The van der Waals surface area contributed by atoms with E-state index in [1.807, 2.05) is 0 Å². The predicted molar refractivity (Wildman–Crippen MR) is 44.0 cm³/mol. The van der Waals surface area contributed by atoms with Gasteiger partial charge in [-0.2, -0.15) is 0 Å². The zero-order valence-corrected chi connectivity index (χ0v) is 7.33. The minimum absolute atomic E-state index is 0.146. The minimum Gasteiger partial charge on any atom is -0.396 e. The Balaban J connectivity index is 2.65. The molecule has 0 bridgehead atoms. The van der Waals surface area contributed by atoms with Gasteiger partial charge < -0.3 is 25.2 Å². The smallest absolute Gasteiger partial charge is 0.0865 e. The van der Waals surface area contributed by atoms with Crippen LogP contribution in [0, 0.1) is 11.8 Å². The second kappa shape index (κ2) is 4.88. The molecule has 1 saturated heterocycles. The molecule has 5 nitrogen and oxygen atoms in total. The Morgan fingerprint density at radius 1 is 0.692 bits per heavy atom. The number of rotatable bonds is 4. The Kier molecular flexibility index (Phi) is 4.08. The van der Waals surface area contributed by atoms with Gasteiger partial charge in [0.1, 0.15) is 0 Å². The summed E-state index contributed by atoms with van der Waals surface area (Å²) in [7, 11) is 0. The van der Waals surface area contributed by atoms with E-state index in [1.54, 1.807) is 0 Å². The van der Waals surface area contributed by atoms with E-state index in [-0.39, 0.29) is 38.3 Å². The fourth-order valence-electron chi connectivity index (χ4n) is 1.84. The van der Waals surface area contributed by atoms with Crippen molar-refractivity contribution in [3.63, 3.8) is 0 Å². The van der Waals surface area contributed by atoms with E-state index in [2.05, 4.69) is 0 Å². The number of hydrogen-bond donors (Lipinski definition) is 4. The molecule has 0 radical (unpaired) electrons. The fourth-order valence-corrected chi connectivity index (χ4v) is 1.84. The summed E-state index contributed by atoms with van der Waals surface area (Å²) in [5.41, 5.74) is 0. The third kappa shape index (κ3) is 2.00. The first-order chi connectivity index (χ1) is 6.28. The molecule has 0 amide bonds. The maximum absolute atomic E-state index is 9.00. The van der Waals surface area contributed by atoms with Crippen LogP contribution in [0.2, 0.25) is 0 Å². The van der Waals surface area contributed by atoms with Gasteiger partial charge in [0.05, 0.1) is 25.4 Å². The average Bonchev–Trinajstić information content (AvgIpc) is 2.54. The lowest BCUT2D eigenvalue weighted by molar-refractivity contribution is -0.0306. The Morgan fingerprint density at radius 2 is 1.08 bits per heavy atom. The van der Waals surface area contributed by atoms with E-state index in [4.69, 9.17) is 25.2 Å². The molecule has 4 atom stereocenters. The number of hydrogen-bond acceptors (Lipinski definition) is 5. The summed E-state index contributed by atoms with van der Waals surface area (Å²) in [4.78, 5) is 0. The third-order valence-electron chi connectivity index (χ3n) is 2.64. The van der Waals surface area contributed by atoms with Crippen molar-refractivity contribution < 1.29 is 25.2 Å². The van der Waals surface area contributed by atoms with Crippen molar-refractivity contribution in [2.75, 3.05) is 26.4 Å². The maximum Gasteiger partial charge on any atom is 0.0865 e. The third-order valence-corrected chi connectivity index (χ3v) is 2.64. The molecule has 13 heavy (non-hydrogen) atoms. The van der Waals surface area contributed by atoms with Crippen LogP contribution in [0.5, 0.6) is 0 Å². The molecular weight excluding hydrogens is 176 g/mol. The Bertz CT molecular complexity index is 135. The first-order valence-corrected chi connectivity index (χ1v) is 4.37. The summed E-state index contributed by atoms with van der Waals surface area (Å²) in [6, 6.07) is 0. The molecule has 0 aromatic carbocycles. The monoisotopic (exact) mass is 192 g/mol. The SMILES string of the molecule is OCC1OC(CO)C(CO)C1CO. The van der Waals surface area contributed by atoms with Crippen LogP contribution in [-0.2, 0) is 4.74 Å². The molecule has 1 rings (SSSR count). The second-order valence-corrected chi connectivity index (χ2v) is 3.27. The summed E-state index contributed by atoms with van der Waals surface area (Å²) in [6.07, 6.45) is -0.946. The predicted octanol–water partition coefficient (Wildman–Crippen LogP) is -2.04. The van der Waals surface area contributed by atoms with Crippen molar-refractivity contribution in [3.05, 3.63) is 0 Å². The van der Waals surface area contributed by atoms with E-state index in [1.165, 1.54) is 0 Å². The highest BCUT2D eigenvalue weighted by Crippen LogP contribution is 2.31. The molecule has 0 aliphatic carbocycles. The highest BCUT2D eigenvalue weighted by atomic mass is 16.5. The number of aliphatic hydroxyl groups is 4. The lowest BCUT2D eigenvalue weighted by Gasteiger charge is -2.18. The van der Waals surface area contributed by atoms with E-state index in [0.717, 1.165) is 0 Å². The standard InChI is InChI=1S/C8H16O5/c9-1-5-6(2-10)8(4-12)13-7(5)3-11/h5-12H,1-4H2. The molecule has 0 aromatic rings. The van der Waals surface area contributed by atoms with Gasteiger partial charge in [0.2, 0.25) is 0 Å². The molecule has 1 aliphatic rings. The van der Waals surface area contributed by atoms with Crippen molar-refractivity contribution in [2.24, 2.45) is 11.8 Å². The lowest BCUT2D eigenvalue weighted by Crippen LogP contribution is -2.30. The van der Waals surface area contributed by atoms with Crippen LogP contribution >= 0.6 is 0 Å². The summed E-state index contributed by atoms with van der Waals surface area (Å²) in [5.74, 6) is -0.570. The topological polar surface area (TPSA) is 90.2 Å². The summed E-state index contributed by atoms with van der Waals surface area (Å²) in [6.45, 7) is -0.684. The molecule has 0 aromatic heterocycles. The van der Waals surface area contributed by atoms with E-state index in [0.29, 0.717) is 0 Å². The normalized spacial score (nSPS) is 39.7. The van der Waals surface area contributed by atoms with E-state index < -0.39 is 12.2 Å². The largest absolute Gasteiger partial charge is 0.396 e. The van der Waals surface area contributed by atoms with Crippen LogP contribution in [0.3, 0.4) is 0 Å². The molecule has 78 valence electrons. The van der Waals surface area contributed by atoms with E-state index in [9.17, 15) is 0 Å². The second-order valence-electron chi connectivity index (χ2n) is 3.27. The van der Waals surface area contributed by atoms with Gasteiger partial charge in [0.25, 0.3) is 0 Å². The highest BCUT2D eigenvalue weighted by molar-refractivity contribution is 4.89. The van der Waals surface area contributed by atoms with Crippen LogP contribution in [0.25, 0.3) is 0 Å². The van der Waals surface area contributed by atoms with Crippen LogP contribution in [-0.4, -0.2) is 59.1 Å². The van der Waals surface area contributed by atoms with Crippen molar-refractivity contribution in [1.29, 1.82) is 0 Å². The minimum atomic E-state index is -0.473. The Labute approximate surface area is 76.6 Å². The maximum atomic E-state index is 9.00. The van der Waals surface area contributed by atoms with Gasteiger partial charge in [-0.3, -0.25) is 0 Å². The van der Waals surface area contributed by atoms with E-state index >= 15 is 0 Å². The molecule has 1 heterocycles. The van der Waals surface area contributed by atoms with Gasteiger partial charge in [-0.05, 0) is 0 Å². The quantitative estimate of drug-likeness (QED) is 0.412. The number of aliphatic hydroxyl groups excluding tert-OH is 4. The van der Waals surface area contributed by atoms with Gasteiger partial charge in [-0.25, -0.2) is 0 Å². The average molecular weight is 192 g/mol. The van der Waals surface area contributed by atoms with Crippen molar-refractivity contribution in [1.82, 2.24) is 0 Å². The van der Waals surface area contributed by atoms with Crippen LogP contribution in [0.1, 0.15) is 0 Å². The zero-order valence-electron chi connectivity index (χ0n) is 7.33. The fraction of sp³-hybridized carbons (Fsp3) is 1.00. The van der Waals surface area contributed by atoms with Crippen molar-refractivity contribution in [2.45, 2.75) is 12.2 Å². The molecule has 5 heteroatoms. The van der Waals surface area contributed by atoms with Crippen LogP contribution in [0.4, 0.5) is 0 Å². The van der Waals surface area contributed by atoms with Gasteiger partial charge in [-0.1, -0.05) is 0 Å².